The number of halogens is 2. The number of rotatable bonds is 8. The molecule has 0 unspecified atom stereocenters. The first-order valence-electron chi connectivity index (χ1n) is 18.6. The molecule has 0 N–H and O–H groups in total. The standard InChI is InChI=1S/2C24H18N2.CH2Cl2.2CNS.Fe/c2*1-3-9-19(10-4-1)21-14-15-23(20-11-5-2-6-12-20)24(17-21)26-18-22-13-7-8-16-25-22;3*2-1-3;/h2*1-18H;1H2;;;/q;;;2*-1;+2. The summed E-state index contributed by atoms with van der Waals surface area (Å²) in [6, 6.07) is 65.9. The van der Waals surface area contributed by atoms with E-state index < -0.39 is 0 Å². The number of isothiocyanates is 2. The Kier molecular flexibility index (Phi) is 24.0. The summed E-state index contributed by atoms with van der Waals surface area (Å²) in [4.78, 5) is 18.2. The van der Waals surface area contributed by atoms with E-state index in [-0.39, 0.29) is 22.4 Å². The summed E-state index contributed by atoms with van der Waals surface area (Å²) in [5.74, 6) is 0. The van der Waals surface area contributed by atoms with Crippen molar-refractivity contribution in [3.8, 4) is 44.5 Å². The van der Waals surface area contributed by atoms with Crippen LogP contribution in [0.2, 0.25) is 0 Å². The number of pyridine rings is 2. The van der Waals surface area contributed by atoms with Gasteiger partial charge in [0.2, 0.25) is 0 Å². The Morgan fingerprint density at radius 1 is 0.435 bits per heavy atom. The zero-order valence-corrected chi connectivity index (χ0v) is 37.4. The largest absolute Gasteiger partial charge is 2.00 e. The second-order valence-electron chi connectivity index (χ2n) is 12.2. The molecule has 0 saturated carbocycles. The number of thiocarbonyl (C=S) groups is 2. The molecule has 11 heteroatoms. The number of nitrogens with zero attached hydrogens (tertiary/aromatic N) is 6. The molecule has 0 aliphatic rings. The molecule has 306 valence electrons. The number of aliphatic imine (C=N–C) groups is 2. The van der Waals surface area contributed by atoms with E-state index in [1.807, 2.05) is 97.4 Å². The maximum atomic E-state index is 7.13. The molecule has 2 heterocycles. The van der Waals surface area contributed by atoms with Crippen LogP contribution in [0.4, 0.5) is 11.4 Å². The minimum atomic E-state index is 0. The third-order valence-electron chi connectivity index (χ3n) is 8.43. The van der Waals surface area contributed by atoms with Gasteiger partial charge in [0.05, 0.1) is 40.5 Å². The van der Waals surface area contributed by atoms with Gasteiger partial charge in [-0.15, -0.1) is 23.2 Å². The molecule has 0 aliphatic carbocycles. The first kappa shape index (κ1) is 50.0. The van der Waals surface area contributed by atoms with E-state index in [4.69, 9.17) is 44.0 Å². The fourth-order valence-electron chi connectivity index (χ4n) is 5.80. The van der Waals surface area contributed by atoms with Crippen molar-refractivity contribution in [2.75, 3.05) is 5.34 Å². The van der Waals surface area contributed by atoms with Crippen molar-refractivity contribution in [2.45, 2.75) is 0 Å². The summed E-state index contributed by atoms with van der Waals surface area (Å²) < 4.78 is 0. The Balaban J connectivity index is 0.000000274. The topological polar surface area (TPSA) is 95.1 Å². The Morgan fingerprint density at radius 2 is 0.726 bits per heavy atom. The quantitative estimate of drug-likeness (QED) is 0.0656. The van der Waals surface area contributed by atoms with Crippen LogP contribution in [0.15, 0.2) is 217 Å². The second-order valence-corrected chi connectivity index (χ2v) is 13.4. The molecule has 0 aliphatic heterocycles. The number of benzene rings is 6. The maximum Gasteiger partial charge on any atom is 2.00 e. The summed E-state index contributed by atoms with van der Waals surface area (Å²) in [5.41, 5.74) is 12.7. The van der Waals surface area contributed by atoms with Crippen molar-refractivity contribution in [3.05, 3.63) is 229 Å². The average Bonchev–Trinajstić information content (AvgIpc) is 3.33. The zero-order valence-electron chi connectivity index (χ0n) is 33.1. The summed E-state index contributed by atoms with van der Waals surface area (Å²) in [7, 11) is 0. The van der Waals surface area contributed by atoms with Crippen LogP contribution in [0.1, 0.15) is 11.4 Å². The van der Waals surface area contributed by atoms with Gasteiger partial charge < -0.3 is 10.8 Å². The normalized spacial score (nSPS) is 9.71. The van der Waals surface area contributed by atoms with E-state index in [2.05, 4.69) is 144 Å². The van der Waals surface area contributed by atoms with Gasteiger partial charge in [-0.1, -0.05) is 182 Å². The molecule has 0 amide bonds. The molecule has 0 atom stereocenters. The van der Waals surface area contributed by atoms with Gasteiger partial charge in [-0.3, -0.25) is 20.0 Å². The van der Waals surface area contributed by atoms with Crippen molar-refractivity contribution in [1.82, 2.24) is 9.97 Å². The summed E-state index contributed by atoms with van der Waals surface area (Å²) >= 11 is 16.9. The van der Waals surface area contributed by atoms with Crippen LogP contribution < -0.4 is 0 Å². The summed E-state index contributed by atoms with van der Waals surface area (Å²) in [5, 5.41) is 17.1. The third-order valence-corrected chi connectivity index (χ3v) is 8.43. The molecular weight excluding hydrogens is 887 g/mol. The fraction of sp³-hybridized carbons (Fsp3) is 0.0196. The van der Waals surface area contributed by atoms with Gasteiger partial charge in [-0.2, -0.15) is 10.3 Å². The van der Waals surface area contributed by atoms with E-state index in [0.717, 1.165) is 56.1 Å². The molecule has 0 spiro atoms. The van der Waals surface area contributed by atoms with Gasteiger partial charge in [0, 0.05) is 23.5 Å². The Hall–Kier alpha value is -6.34. The van der Waals surface area contributed by atoms with Crippen LogP contribution in [0, 0.1) is 0 Å². The van der Waals surface area contributed by atoms with Gasteiger partial charge in [-0.25, -0.2) is 0 Å². The predicted octanol–water partition coefficient (Wildman–Crippen LogP) is 15.1. The van der Waals surface area contributed by atoms with Crippen LogP contribution in [-0.2, 0) is 17.1 Å². The van der Waals surface area contributed by atoms with Crippen LogP contribution >= 0.6 is 47.6 Å². The molecule has 8 rings (SSSR count). The molecule has 0 saturated heterocycles. The Morgan fingerprint density at radius 3 is 1.02 bits per heavy atom. The van der Waals surface area contributed by atoms with Gasteiger partial charge in [-0.05, 0) is 69.8 Å². The number of aromatic nitrogens is 2. The smallest absolute Gasteiger partial charge is 0.753 e. The van der Waals surface area contributed by atoms with Crippen molar-refractivity contribution >= 4 is 81.8 Å². The molecule has 8 aromatic rings. The number of alkyl halides is 2. The molecule has 6 nitrogen and oxygen atoms in total. The first-order chi connectivity index (χ1) is 30.0. The SMILES string of the molecule is C(=Nc1cc(-c2ccccc2)ccc1-c1ccccc1)c1ccccn1.C(=Nc1cc(-c2ccccc2)ccc1-c1ccccc1)c1ccccn1.ClCCl.[Fe+2].[N-]=C=S.[N-]=C=S. The van der Waals surface area contributed by atoms with Gasteiger partial charge in [0.25, 0.3) is 0 Å². The molecule has 0 radical (unpaired) electrons. The minimum Gasteiger partial charge on any atom is -0.753 e. The molecule has 2 aromatic heterocycles. The average molecular weight is 926 g/mol. The summed E-state index contributed by atoms with van der Waals surface area (Å²) in [6.07, 6.45) is 7.19. The van der Waals surface area contributed by atoms with E-state index in [0.29, 0.717) is 0 Å². The zero-order chi connectivity index (χ0) is 43.3. The Bertz CT molecular complexity index is 2430. The van der Waals surface area contributed by atoms with Crippen LogP contribution in [0.25, 0.3) is 55.3 Å². The van der Waals surface area contributed by atoms with Crippen LogP contribution in [0.5, 0.6) is 0 Å². The molecule has 0 fully saturated rings. The first-order valence-corrected chi connectivity index (χ1v) is 20.5. The van der Waals surface area contributed by atoms with Gasteiger partial charge in [0.1, 0.15) is 0 Å². The summed E-state index contributed by atoms with van der Waals surface area (Å²) in [6.45, 7) is 0. The molecular formula is C51H38Cl2FeN6S2. The van der Waals surface area contributed by atoms with E-state index in [1.165, 1.54) is 21.4 Å². The molecule has 6 aromatic carbocycles. The van der Waals surface area contributed by atoms with Crippen molar-refractivity contribution in [2.24, 2.45) is 9.98 Å². The van der Waals surface area contributed by atoms with Crippen LogP contribution in [-0.4, -0.2) is 38.1 Å². The Labute approximate surface area is 394 Å². The number of hydrogen-bond acceptors (Lipinski definition) is 6. The van der Waals surface area contributed by atoms with E-state index in [1.54, 1.807) is 12.4 Å². The number of hydrogen-bond donors (Lipinski definition) is 0. The monoisotopic (exact) mass is 924 g/mol. The van der Waals surface area contributed by atoms with Crippen molar-refractivity contribution in [1.29, 1.82) is 0 Å². The molecule has 0 bridgehead atoms. The van der Waals surface area contributed by atoms with Crippen LogP contribution in [0.3, 0.4) is 0 Å². The third kappa shape index (κ3) is 17.0. The fourth-order valence-corrected chi connectivity index (χ4v) is 5.80. The second kappa shape index (κ2) is 29.8. The van der Waals surface area contributed by atoms with E-state index >= 15 is 0 Å². The van der Waals surface area contributed by atoms with Gasteiger partial charge in [0.15, 0.2) is 0 Å². The maximum absolute atomic E-state index is 7.13. The van der Waals surface area contributed by atoms with E-state index in [9.17, 15) is 0 Å². The van der Waals surface area contributed by atoms with Gasteiger partial charge >= 0.3 is 17.1 Å². The van der Waals surface area contributed by atoms with Crippen molar-refractivity contribution < 1.29 is 17.1 Å². The molecule has 62 heavy (non-hydrogen) atoms. The van der Waals surface area contributed by atoms with Crippen molar-refractivity contribution in [3.63, 3.8) is 0 Å². The predicted molar refractivity (Wildman–Crippen MR) is 266 cm³/mol. The minimum absolute atomic E-state index is 0.